The molecule has 88 valence electrons. The summed E-state index contributed by atoms with van der Waals surface area (Å²) in [6.45, 7) is 2.26. The highest BCUT2D eigenvalue weighted by Crippen LogP contribution is 2.35. The Hall–Kier alpha value is -0.160. The Balaban J connectivity index is 2.27. The van der Waals surface area contributed by atoms with Crippen molar-refractivity contribution in [3.05, 3.63) is 34.1 Å². The van der Waals surface area contributed by atoms with Crippen LogP contribution in [0.25, 0.3) is 0 Å². The maximum Gasteiger partial charge on any atom is 0.192 e. The molecule has 2 rings (SSSR count). The highest BCUT2D eigenvalue weighted by Gasteiger charge is 2.38. The molecule has 1 aromatic carbocycles. The summed E-state index contributed by atoms with van der Waals surface area (Å²) in [7, 11) is 0. The highest BCUT2D eigenvalue weighted by atomic mass is 79.9. The molecule has 0 bridgehead atoms. The van der Waals surface area contributed by atoms with E-state index in [0.29, 0.717) is 17.0 Å². The predicted octanol–water partition coefficient (Wildman–Crippen LogP) is 3.42. The van der Waals surface area contributed by atoms with Gasteiger partial charge in [0, 0.05) is 5.56 Å². The van der Waals surface area contributed by atoms with Crippen LogP contribution < -0.4 is 0 Å². The molecule has 1 aromatic rings. The van der Waals surface area contributed by atoms with Crippen LogP contribution in [0, 0.1) is 5.82 Å². The Labute approximate surface area is 107 Å². The number of alkyl halides is 1. The third-order valence-corrected chi connectivity index (χ3v) is 3.50. The van der Waals surface area contributed by atoms with E-state index >= 15 is 0 Å². The Kier molecular flexibility index (Phi) is 3.54. The third-order valence-electron chi connectivity index (χ3n) is 2.55. The Morgan fingerprint density at radius 1 is 1.62 bits per heavy atom. The zero-order valence-electron chi connectivity index (χ0n) is 8.67. The monoisotopic (exact) mass is 308 g/mol. The average Bonchev–Trinajstić information content (AvgIpc) is 2.66. The van der Waals surface area contributed by atoms with E-state index in [1.54, 1.807) is 19.1 Å². The fourth-order valence-corrected chi connectivity index (χ4v) is 2.17. The van der Waals surface area contributed by atoms with Gasteiger partial charge in [0.25, 0.3) is 0 Å². The van der Waals surface area contributed by atoms with Crippen molar-refractivity contribution in [2.75, 3.05) is 12.5 Å². The lowest BCUT2D eigenvalue weighted by Gasteiger charge is -2.23. The van der Waals surface area contributed by atoms with Gasteiger partial charge in [-0.2, -0.15) is 0 Å². The van der Waals surface area contributed by atoms with Gasteiger partial charge in [0.05, 0.1) is 23.1 Å². The predicted molar refractivity (Wildman–Crippen MR) is 63.0 cm³/mol. The molecule has 5 heteroatoms. The molecule has 16 heavy (non-hydrogen) atoms. The molecule has 2 unspecified atom stereocenters. The van der Waals surface area contributed by atoms with Crippen molar-refractivity contribution >= 4 is 27.5 Å². The molecule has 1 heterocycles. The van der Waals surface area contributed by atoms with Crippen LogP contribution in [0.2, 0.25) is 0 Å². The van der Waals surface area contributed by atoms with Crippen molar-refractivity contribution in [3.63, 3.8) is 0 Å². The maximum atomic E-state index is 13.1. The van der Waals surface area contributed by atoms with Crippen LogP contribution in [-0.2, 0) is 15.3 Å². The first-order valence-electron chi connectivity index (χ1n) is 4.88. The van der Waals surface area contributed by atoms with Crippen LogP contribution in [0.4, 0.5) is 4.39 Å². The second kappa shape index (κ2) is 4.61. The van der Waals surface area contributed by atoms with Gasteiger partial charge in [0.2, 0.25) is 0 Å². The van der Waals surface area contributed by atoms with Gasteiger partial charge in [-0.1, -0.05) is 6.07 Å². The molecule has 0 radical (unpaired) electrons. The average molecular weight is 310 g/mol. The lowest BCUT2D eigenvalue weighted by atomic mass is 10.1. The lowest BCUT2D eigenvalue weighted by Crippen LogP contribution is -2.24. The molecule has 1 aliphatic heterocycles. The Bertz CT molecular complexity index is 402. The van der Waals surface area contributed by atoms with E-state index in [1.165, 1.54) is 6.07 Å². The lowest BCUT2D eigenvalue weighted by molar-refractivity contribution is -0.159. The van der Waals surface area contributed by atoms with Crippen molar-refractivity contribution < 1.29 is 13.9 Å². The van der Waals surface area contributed by atoms with E-state index in [2.05, 4.69) is 15.9 Å². The van der Waals surface area contributed by atoms with E-state index in [1.807, 2.05) is 0 Å². The summed E-state index contributed by atoms with van der Waals surface area (Å²) >= 11 is 8.84. The zero-order valence-corrected chi connectivity index (χ0v) is 11.0. The smallest absolute Gasteiger partial charge is 0.192 e. The molecule has 0 N–H and O–H groups in total. The van der Waals surface area contributed by atoms with Gasteiger partial charge in [-0.15, -0.1) is 11.6 Å². The molecular formula is C11H11BrClFO2. The van der Waals surface area contributed by atoms with Crippen LogP contribution in [0.15, 0.2) is 22.7 Å². The van der Waals surface area contributed by atoms with Crippen molar-refractivity contribution in [1.82, 2.24) is 0 Å². The maximum absolute atomic E-state index is 13.1. The fraction of sp³-hybridized carbons (Fsp3) is 0.455. The summed E-state index contributed by atoms with van der Waals surface area (Å²) in [6, 6.07) is 4.69. The third kappa shape index (κ3) is 2.25. The van der Waals surface area contributed by atoms with Gasteiger partial charge in [0.15, 0.2) is 5.79 Å². The number of hydrogen-bond acceptors (Lipinski definition) is 2. The van der Waals surface area contributed by atoms with E-state index in [4.69, 9.17) is 21.1 Å². The van der Waals surface area contributed by atoms with Gasteiger partial charge in [-0.25, -0.2) is 4.39 Å². The molecule has 2 nitrogen and oxygen atoms in total. The van der Waals surface area contributed by atoms with Crippen LogP contribution in [0.1, 0.15) is 12.5 Å². The fourth-order valence-electron chi connectivity index (χ4n) is 1.64. The molecule has 0 saturated carbocycles. The normalized spacial score (nSPS) is 29.6. The summed E-state index contributed by atoms with van der Waals surface area (Å²) in [5, 5.41) is 0. The van der Waals surface area contributed by atoms with Crippen LogP contribution >= 0.6 is 27.5 Å². The zero-order chi connectivity index (χ0) is 11.8. The number of rotatable bonds is 2. The van der Waals surface area contributed by atoms with E-state index < -0.39 is 5.79 Å². The molecule has 0 aliphatic carbocycles. The summed E-state index contributed by atoms with van der Waals surface area (Å²) in [4.78, 5) is 0. The highest BCUT2D eigenvalue weighted by molar-refractivity contribution is 9.10. The van der Waals surface area contributed by atoms with E-state index in [-0.39, 0.29) is 11.9 Å². The van der Waals surface area contributed by atoms with Gasteiger partial charge in [0.1, 0.15) is 5.82 Å². The minimum atomic E-state index is -0.838. The molecule has 0 amide bonds. The van der Waals surface area contributed by atoms with Gasteiger partial charge >= 0.3 is 0 Å². The van der Waals surface area contributed by atoms with Gasteiger partial charge < -0.3 is 9.47 Å². The SMILES string of the molecule is CC1(c2ccc(F)c(Br)c2)OCC(CCl)O1. The first kappa shape index (κ1) is 12.3. The second-order valence-corrected chi connectivity index (χ2v) is 4.94. The van der Waals surface area contributed by atoms with Gasteiger partial charge in [-0.05, 0) is 35.0 Å². The quantitative estimate of drug-likeness (QED) is 0.779. The largest absolute Gasteiger partial charge is 0.343 e. The van der Waals surface area contributed by atoms with Crippen molar-refractivity contribution in [1.29, 1.82) is 0 Å². The van der Waals surface area contributed by atoms with Crippen molar-refractivity contribution in [2.45, 2.75) is 18.8 Å². The van der Waals surface area contributed by atoms with E-state index in [9.17, 15) is 4.39 Å². The first-order chi connectivity index (χ1) is 7.55. The summed E-state index contributed by atoms with van der Waals surface area (Å²) in [5.41, 5.74) is 0.772. The Morgan fingerprint density at radius 2 is 2.38 bits per heavy atom. The molecular weight excluding hydrogens is 298 g/mol. The summed E-state index contributed by atoms with van der Waals surface area (Å²) in [5.74, 6) is -0.757. The minimum absolute atomic E-state index is 0.115. The molecule has 1 aliphatic rings. The minimum Gasteiger partial charge on any atom is -0.343 e. The van der Waals surface area contributed by atoms with Crippen molar-refractivity contribution in [2.24, 2.45) is 0 Å². The molecule has 1 fully saturated rings. The number of ether oxygens (including phenoxy) is 2. The Morgan fingerprint density at radius 3 is 2.94 bits per heavy atom. The van der Waals surface area contributed by atoms with Crippen LogP contribution in [0.3, 0.4) is 0 Å². The van der Waals surface area contributed by atoms with Gasteiger partial charge in [-0.3, -0.25) is 0 Å². The molecule has 0 aromatic heterocycles. The summed E-state index contributed by atoms with van der Waals surface area (Å²) < 4.78 is 24.8. The molecule has 0 spiro atoms. The number of benzene rings is 1. The van der Waals surface area contributed by atoms with Crippen LogP contribution in [0.5, 0.6) is 0 Å². The van der Waals surface area contributed by atoms with Crippen LogP contribution in [-0.4, -0.2) is 18.6 Å². The van der Waals surface area contributed by atoms with E-state index in [0.717, 1.165) is 5.56 Å². The summed E-state index contributed by atoms with van der Waals surface area (Å²) in [6.07, 6.45) is -0.115. The number of halogens is 3. The molecule has 1 saturated heterocycles. The molecule has 2 atom stereocenters. The van der Waals surface area contributed by atoms with Crippen molar-refractivity contribution in [3.8, 4) is 0 Å². The standard InChI is InChI=1S/C11H11BrClFO2/c1-11(15-6-8(5-13)16-11)7-2-3-10(14)9(12)4-7/h2-4,8H,5-6H2,1H3. The topological polar surface area (TPSA) is 18.5 Å². The first-order valence-corrected chi connectivity index (χ1v) is 6.21. The second-order valence-electron chi connectivity index (χ2n) is 3.78. The number of hydrogen-bond donors (Lipinski definition) is 0.